The first-order chi connectivity index (χ1) is 9.74. The van der Waals surface area contributed by atoms with Gasteiger partial charge in [-0.1, -0.05) is 70.1 Å². The zero-order chi connectivity index (χ0) is 15.1. The van der Waals surface area contributed by atoms with Crippen molar-refractivity contribution in [3.05, 3.63) is 49.1 Å². The van der Waals surface area contributed by atoms with Crippen LogP contribution in [0.3, 0.4) is 0 Å². The standard InChI is InChI=1S/C18H29NO/c1-4-7-8-9-10-11-12-14-18(20)19-16-15-17(6-3)13-5-2/h5-6,12-14H,2-4,7-11,15-16H2,1H3,(H,19,20)/b14-12+,17-13+. The number of allylic oxidation sites excluding steroid dienone is 4. The second kappa shape index (κ2) is 13.9. The molecule has 0 saturated carbocycles. The lowest BCUT2D eigenvalue weighted by Gasteiger charge is -2.02. The molecule has 0 aromatic rings. The van der Waals surface area contributed by atoms with E-state index >= 15 is 0 Å². The van der Waals surface area contributed by atoms with E-state index in [0.717, 1.165) is 18.4 Å². The Morgan fingerprint density at radius 2 is 1.90 bits per heavy atom. The van der Waals surface area contributed by atoms with Gasteiger partial charge in [0, 0.05) is 6.54 Å². The molecule has 0 aliphatic rings. The second-order valence-electron chi connectivity index (χ2n) is 4.83. The Kier molecular flexibility index (Phi) is 12.8. The normalized spacial score (nSPS) is 11.6. The van der Waals surface area contributed by atoms with Crippen LogP contribution in [0.1, 0.15) is 51.9 Å². The molecule has 0 heterocycles. The highest BCUT2D eigenvalue weighted by Gasteiger charge is 1.95. The molecule has 0 fully saturated rings. The van der Waals surface area contributed by atoms with E-state index in [4.69, 9.17) is 0 Å². The maximum atomic E-state index is 11.5. The summed E-state index contributed by atoms with van der Waals surface area (Å²) >= 11 is 0. The number of unbranched alkanes of at least 4 members (excludes halogenated alkanes) is 5. The van der Waals surface area contributed by atoms with Crippen LogP contribution in [0.4, 0.5) is 0 Å². The zero-order valence-electron chi connectivity index (χ0n) is 12.9. The molecular formula is C18H29NO. The molecule has 0 aliphatic carbocycles. The lowest BCUT2D eigenvalue weighted by Crippen LogP contribution is -2.22. The third kappa shape index (κ3) is 11.5. The van der Waals surface area contributed by atoms with Crippen molar-refractivity contribution in [2.45, 2.75) is 51.9 Å². The predicted molar refractivity (Wildman–Crippen MR) is 88.6 cm³/mol. The van der Waals surface area contributed by atoms with Gasteiger partial charge in [0.2, 0.25) is 5.91 Å². The van der Waals surface area contributed by atoms with Crippen LogP contribution in [0.25, 0.3) is 0 Å². The Hall–Kier alpha value is -1.57. The highest BCUT2D eigenvalue weighted by atomic mass is 16.1. The third-order valence-corrected chi connectivity index (χ3v) is 3.05. The number of carbonyl (C=O) groups is 1. The van der Waals surface area contributed by atoms with E-state index in [0.29, 0.717) is 6.54 Å². The predicted octanol–water partition coefficient (Wildman–Crippen LogP) is 4.71. The van der Waals surface area contributed by atoms with Crippen molar-refractivity contribution in [3.63, 3.8) is 0 Å². The summed E-state index contributed by atoms with van der Waals surface area (Å²) in [4.78, 5) is 11.5. The summed E-state index contributed by atoms with van der Waals surface area (Å²) in [5.74, 6) is -0.0134. The summed E-state index contributed by atoms with van der Waals surface area (Å²) in [6.07, 6.45) is 17.1. The Bertz CT molecular complexity index is 339. The molecule has 112 valence electrons. The summed E-state index contributed by atoms with van der Waals surface area (Å²) in [6.45, 7) is 10.2. The van der Waals surface area contributed by atoms with E-state index in [1.165, 1.54) is 32.1 Å². The summed E-state index contributed by atoms with van der Waals surface area (Å²) in [5, 5.41) is 2.87. The molecule has 0 aromatic carbocycles. The molecule has 2 nitrogen and oxygen atoms in total. The Morgan fingerprint density at radius 1 is 1.15 bits per heavy atom. The van der Waals surface area contributed by atoms with Crippen LogP contribution in [0, 0.1) is 0 Å². The maximum absolute atomic E-state index is 11.5. The van der Waals surface area contributed by atoms with Crippen LogP contribution in [-0.2, 0) is 4.79 Å². The summed E-state index contributed by atoms with van der Waals surface area (Å²) in [5.41, 5.74) is 1.08. The number of rotatable bonds is 12. The average molecular weight is 275 g/mol. The van der Waals surface area contributed by atoms with Gasteiger partial charge in [-0.2, -0.15) is 0 Å². The van der Waals surface area contributed by atoms with Gasteiger partial charge in [0.15, 0.2) is 0 Å². The van der Waals surface area contributed by atoms with Crippen LogP contribution in [-0.4, -0.2) is 12.5 Å². The van der Waals surface area contributed by atoms with E-state index in [1.807, 2.05) is 12.2 Å². The van der Waals surface area contributed by atoms with Gasteiger partial charge in [0.25, 0.3) is 0 Å². The number of hydrogen-bond acceptors (Lipinski definition) is 1. The van der Waals surface area contributed by atoms with Crippen LogP contribution >= 0.6 is 0 Å². The number of carbonyl (C=O) groups excluding carboxylic acids is 1. The van der Waals surface area contributed by atoms with E-state index < -0.39 is 0 Å². The first-order valence-electron chi connectivity index (χ1n) is 7.63. The van der Waals surface area contributed by atoms with Crippen LogP contribution < -0.4 is 5.32 Å². The minimum Gasteiger partial charge on any atom is -0.352 e. The molecule has 0 atom stereocenters. The molecule has 1 N–H and O–H groups in total. The van der Waals surface area contributed by atoms with E-state index in [1.54, 1.807) is 18.2 Å². The number of hydrogen-bond donors (Lipinski definition) is 1. The van der Waals surface area contributed by atoms with Crippen LogP contribution in [0.5, 0.6) is 0 Å². The number of nitrogens with one attached hydrogen (secondary N) is 1. The topological polar surface area (TPSA) is 29.1 Å². The lowest BCUT2D eigenvalue weighted by molar-refractivity contribution is -0.116. The second-order valence-corrected chi connectivity index (χ2v) is 4.83. The fourth-order valence-corrected chi connectivity index (χ4v) is 1.85. The Morgan fingerprint density at radius 3 is 2.55 bits per heavy atom. The van der Waals surface area contributed by atoms with Gasteiger partial charge in [0.1, 0.15) is 0 Å². The van der Waals surface area contributed by atoms with Gasteiger partial charge in [-0.3, -0.25) is 4.79 Å². The lowest BCUT2D eigenvalue weighted by atomic mass is 10.1. The van der Waals surface area contributed by atoms with Crippen LogP contribution in [0.15, 0.2) is 49.1 Å². The highest BCUT2D eigenvalue weighted by molar-refractivity contribution is 5.87. The SMILES string of the molecule is C=C/C=C(\C=C)CCNC(=O)/C=C/CCCCCCC. The average Bonchev–Trinajstić information content (AvgIpc) is 2.45. The molecule has 0 saturated heterocycles. The van der Waals surface area contributed by atoms with E-state index in [-0.39, 0.29) is 5.91 Å². The molecule has 0 spiro atoms. The molecule has 0 aliphatic heterocycles. The summed E-state index contributed by atoms with van der Waals surface area (Å²) in [7, 11) is 0. The van der Waals surface area contributed by atoms with Crippen molar-refractivity contribution in [1.82, 2.24) is 5.32 Å². The summed E-state index contributed by atoms with van der Waals surface area (Å²) < 4.78 is 0. The fourth-order valence-electron chi connectivity index (χ4n) is 1.85. The van der Waals surface area contributed by atoms with Crippen molar-refractivity contribution in [2.75, 3.05) is 6.54 Å². The van der Waals surface area contributed by atoms with Crippen molar-refractivity contribution >= 4 is 5.91 Å². The molecule has 0 aromatic heterocycles. The van der Waals surface area contributed by atoms with Crippen LogP contribution in [0.2, 0.25) is 0 Å². The smallest absolute Gasteiger partial charge is 0.243 e. The molecular weight excluding hydrogens is 246 g/mol. The molecule has 2 heteroatoms. The minimum absolute atomic E-state index is 0.0134. The van der Waals surface area contributed by atoms with Crippen molar-refractivity contribution in [2.24, 2.45) is 0 Å². The molecule has 0 radical (unpaired) electrons. The minimum atomic E-state index is -0.0134. The quantitative estimate of drug-likeness (QED) is 0.312. The first-order valence-corrected chi connectivity index (χ1v) is 7.63. The van der Waals surface area contributed by atoms with Gasteiger partial charge in [-0.15, -0.1) is 0 Å². The van der Waals surface area contributed by atoms with Gasteiger partial charge < -0.3 is 5.32 Å². The van der Waals surface area contributed by atoms with E-state index in [9.17, 15) is 4.79 Å². The van der Waals surface area contributed by atoms with Crippen molar-refractivity contribution in [1.29, 1.82) is 0 Å². The third-order valence-electron chi connectivity index (χ3n) is 3.05. The van der Waals surface area contributed by atoms with Gasteiger partial charge in [-0.25, -0.2) is 0 Å². The maximum Gasteiger partial charge on any atom is 0.243 e. The molecule has 20 heavy (non-hydrogen) atoms. The first kappa shape index (κ1) is 18.4. The summed E-state index contributed by atoms with van der Waals surface area (Å²) in [6, 6.07) is 0. The fraction of sp³-hybridized carbons (Fsp3) is 0.500. The van der Waals surface area contributed by atoms with Crippen molar-refractivity contribution < 1.29 is 4.79 Å². The molecule has 0 bridgehead atoms. The van der Waals surface area contributed by atoms with Gasteiger partial charge in [-0.05, 0) is 30.9 Å². The number of amides is 1. The van der Waals surface area contributed by atoms with Gasteiger partial charge in [0.05, 0.1) is 0 Å². The molecule has 0 rings (SSSR count). The zero-order valence-corrected chi connectivity index (χ0v) is 12.9. The Labute approximate surface area is 124 Å². The van der Waals surface area contributed by atoms with E-state index in [2.05, 4.69) is 25.4 Å². The Balaban J connectivity index is 3.64. The largest absolute Gasteiger partial charge is 0.352 e. The monoisotopic (exact) mass is 275 g/mol. The van der Waals surface area contributed by atoms with Gasteiger partial charge >= 0.3 is 0 Å². The van der Waals surface area contributed by atoms with Crippen molar-refractivity contribution in [3.8, 4) is 0 Å². The molecule has 0 unspecified atom stereocenters. The molecule has 1 amide bonds. The highest BCUT2D eigenvalue weighted by Crippen LogP contribution is 2.05.